The molecule has 2 saturated carbocycles. The lowest BCUT2D eigenvalue weighted by atomic mass is 9.76. The third-order valence-corrected chi connectivity index (χ3v) is 3.94. The van der Waals surface area contributed by atoms with E-state index in [4.69, 9.17) is 0 Å². The lowest BCUT2D eigenvalue weighted by molar-refractivity contribution is -0.132. The summed E-state index contributed by atoms with van der Waals surface area (Å²) >= 11 is 0. The number of Topliss-reactive ketones (excluding diaryl/α,β-unsaturated/α-hetero) is 2. The highest BCUT2D eigenvalue weighted by Crippen LogP contribution is 2.35. The second-order valence-electron chi connectivity index (χ2n) is 5.17. The first-order chi connectivity index (χ1) is 7.25. The second-order valence-corrected chi connectivity index (χ2v) is 5.17. The molecule has 0 radical (unpaired) electrons. The number of carbonyl (C=O) groups is 2. The molecule has 0 bridgehead atoms. The van der Waals surface area contributed by atoms with Crippen LogP contribution in [-0.4, -0.2) is 11.6 Å². The number of carbonyl (C=O) groups excluding carboxylic acids is 2. The Morgan fingerprint density at radius 3 is 1.80 bits per heavy atom. The van der Waals surface area contributed by atoms with Crippen LogP contribution < -0.4 is 0 Å². The SMILES string of the molecule is O=C1CC(=O)CC(C2CCCCCC2)C1. The van der Waals surface area contributed by atoms with Crippen LogP contribution in [0.15, 0.2) is 0 Å². The van der Waals surface area contributed by atoms with Crippen molar-refractivity contribution >= 4 is 11.6 Å². The van der Waals surface area contributed by atoms with E-state index in [1.54, 1.807) is 0 Å². The van der Waals surface area contributed by atoms with Gasteiger partial charge in [-0.15, -0.1) is 0 Å². The summed E-state index contributed by atoms with van der Waals surface area (Å²) < 4.78 is 0. The molecular formula is C13H20O2. The number of hydrogen-bond acceptors (Lipinski definition) is 2. The van der Waals surface area contributed by atoms with Crippen molar-refractivity contribution in [3.8, 4) is 0 Å². The quantitative estimate of drug-likeness (QED) is 0.490. The van der Waals surface area contributed by atoms with E-state index in [0.29, 0.717) is 24.7 Å². The molecule has 0 unspecified atom stereocenters. The van der Waals surface area contributed by atoms with Crippen molar-refractivity contribution in [2.45, 2.75) is 57.8 Å². The maximum absolute atomic E-state index is 11.4. The van der Waals surface area contributed by atoms with E-state index >= 15 is 0 Å². The number of hydrogen-bond donors (Lipinski definition) is 0. The molecule has 2 rings (SSSR count). The summed E-state index contributed by atoms with van der Waals surface area (Å²) in [5.41, 5.74) is 0. The van der Waals surface area contributed by atoms with Crippen LogP contribution in [0.4, 0.5) is 0 Å². The van der Waals surface area contributed by atoms with Gasteiger partial charge in [0.1, 0.15) is 11.6 Å². The molecule has 0 N–H and O–H groups in total. The van der Waals surface area contributed by atoms with E-state index in [1.807, 2.05) is 0 Å². The first-order valence-corrected chi connectivity index (χ1v) is 6.29. The molecule has 0 aliphatic heterocycles. The zero-order chi connectivity index (χ0) is 10.7. The fourth-order valence-electron chi connectivity index (χ4n) is 3.14. The third-order valence-electron chi connectivity index (χ3n) is 3.94. The molecule has 0 aromatic heterocycles. The molecular weight excluding hydrogens is 188 g/mol. The zero-order valence-corrected chi connectivity index (χ0v) is 9.34. The minimum absolute atomic E-state index is 0.181. The fraction of sp³-hybridized carbons (Fsp3) is 0.846. The molecule has 2 heteroatoms. The van der Waals surface area contributed by atoms with Gasteiger partial charge in [0, 0.05) is 12.8 Å². The zero-order valence-electron chi connectivity index (χ0n) is 9.34. The van der Waals surface area contributed by atoms with E-state index in [0.717, 1.165) is 0 Å². The highest BCUT2D eigenvalue weighted by molar-refractivity contribution is 6.01. The van der Waals surface area contributed by atoms with Crippen molar-refractivity contribution in [2.24, 2.45) is 11.8 Å². The summed E-state index contributed by atoms with van der Waals surface area (Å²) in [6.45, 7) is 0. The van der Waals surface area contributed by atoms with Crippen molar-refractivity contribution in [3.63, 3.8) is 0 Å². The molecule has 0 saturated heterocycles. The Hall–Kier alpha value is -0.660. The summed E-state index contributed by atoms with van der Waals surface area (Å²) in [6, 6.07) is 0. The Morgan fingerprint density at radius 1 is 0.733 bits per heavy atom. The van der Waals surface area contributed by atoms with Crippen molar-refractivity contribution in [1.29, 1.82) is 0 Å². The molecule has 2 nitrogen and oxygen atoms in total. The second kappa shape index (κ2) is 4.91. The maximum atomic E-state index is 11.4. The van der Waals surface area contributed by atoms with Gasteiger partial charge >= 0.3 is 0 Å². The van der Waals surface area contributed by atoms with Crippen molar-refractivity contribution in [3.05, 3.63) is 0 Å². The minimum atomic E-state index is 0.181. The van der Waals surface area contributed by atoms with Gasteiger partial charge in [0.25, 0.3) is 0 Å². The normalized spacial score (nSPS) is 26.7. The fourth-order valence-corrected chi connectivity index (χ4v) is 3.14. The van der Waals surface area contributed by atoms with Crippen LogP contribution >= 0.6 is 0 Å². The minimum Gasteiger partial charge on any atom is -0.299 e. The first kappa shape index (κ1) is 10.8. The molecule has 84 valence electrons. The van der Waals surface area contributed by atoms with Crippen LogP contribution in [-0.2, 0) is 9.59 Å². The van der Waals surface area contributed by atoms with Gasteiger partial charge in [0.05, 0.1) is 6.42 Å². The molecule has 0 aromatic rings. The summed E-state index contributed by atoms with van der Waals surface area (Å²) in [4.78, 5) is 22.8. The average Bonchev–Trinajstić information content (AvgIpc) is 2.43. The van der Waals surface area contributed by atoms with E-state index in [-0.39, 0.29) is 18.0 Å². The molecule has 0 atom stereocenters. The summed E-state index contributed by atoms with van der Waals surface area (Å²) in [5, 5.41) is 0. The average molecular weight is 208 g/mol. The predicted octanol–water partition coefficient (Wildman–Crippen LogP) is 2.90. The summed E-state index contributed by atoms with van der Waals surface area (Å²) in [6.07, 6.45) is 9.32. The lowest BCUT2D eigenvalue weighted by Crippen LogP contribution is -2.28. The smallest absolute Gasteiger partial charge is 0.140 e. The molecule has 0 aromatic carbocycles. The summed E-state index contributed by atoms with van der Waals surface area (Å²) in [5.74, 6) is 1.40. The molecule has 15 heavy (non-hydrogen) atoms. The highest BCUT2D eigenvalue weighted by atomic mass is 16.1. The molecule has 2 fully saturated rings. The van der Waals surface area contributed by atoms with Crippen LogP contribution in [0.5, 0.6) is 0 Å². The number of rotatable bonds is 1. The highest BCUT2D eigenvalue weighted by Gasteiger charge is 2.31. The molecule has 0 spiro atoms. The Balaban J connectivity index is 1.95. The van der Waals surface area contributed by atoms with E-state index in [2.05, 4.69) is 0 Å². The van der Waals surface area contributed by atoms with Crippen LogP contribution in [0.3, 0.4) is 0 Å². The molecule has 2 aliphatic carbocycles. The van der Waals surface area contributed by atoms with Gasteiger partial charge in [-0.2, -0.15) is 0 Å². The van der Waals surface area contributed by atoms with Gasteiger partial charge < -0.3 is 0 Å². The topological polar surface area (TPSA) is 34.1 Å². The maximum Gasteiger partial charge on any atom is 0.140 e. The van der Waals surface area contributed by atoms with Gasteiger partial charge in [-0.3, -0.25) is 9.59 Å². The van der Waals surface area contributed by atoms with Gasteiger partial charge in [0.15, 0.2) is 0 Å². The van der Waals surface area contributed by atoms with Crippen LogP contribution in [0, 0.1) is 11.8 Å². The third kappa shape index (κ3) is 2.90. The van der Waals surface area contributed by atoms with Crippen LogP contribution in [0.25, 0.3) is 0 Å². The van der Waals surface area contributed by atoms with E-state index < -0.39 is 0 Å². The van der Waals surface area contributed by atoms with E-state index in [1.165, 1.54) is 38.5 Å². The van der Waals surface area contributed by atoms with Crippen LogP contribution in [0.1, 0.15) is 57.8 Å². The van der Waals surface area contributed by atoms with Gasteiger partial charge in [-0.1, -0.05) is 38.5 Å². The Bertz CT molecular complexity index is 233. The molecule has 2 aliphatic rings. The van der Waals surface area contributed by atoms with Gasteiger partial charge in [-0.05, 0) is 11.8 Å². The predicted molar refractivity (Wildman–Crippen MR) is 58.5 cm³/mol. The lowest BCUT2D eigenvalue weighted by Gasteiger charge is -2.28. The number of ketones is 2. The van der Waals surface area contributed by atoms with E-state index in [9.17, 15) is 9.59 Å². The monoisotopic (exact) mass is 208 g/mol. The molecule has 0 amide bonds. The molecule has 0 heterocycles. The van der Waals surface area contributed by atoms with Crippen molar-refractivity contribution < 1.29 is 9.59 Å². The van der Waals surface area contributed by atoms with Crippen molar-refractivity contribution in [2.75, 3.05) is 0 Å². The summed E-state index contributed by atoms with van der Waals surface area (Å²) in [7, 11) is 0. The Morgan fingerprint density at radius 2 is 1.27 bits per heavy atom. The first-order valence-electron chi connectivity index (χ1n) is 6.29. The Labute approximate surface area is 91.4 Å². The standard InChI is InChI=1S/C13H20O2/c14-12-7-11(8-13(15)9-12)10-5-3-1-2-4-6-10/h10-11H,1-9H2. The Kier molecular flexibility index (Phi) is 3.55. The van der Waals surface area contributed by atoms with Gasteiger partial charge in [-0.25, -0.2) is 0 Å². The van der Waals surface area contributed by atoms with Crippen LogP contribution in [0.2, 0.25) is 0 Å². The van der Waals surface area contributed by atoms with Gasteiger partial charge in [0.2, 0.25) is 0 Å². The van der Waals surface area contributed by atoms with Crippen molar-refractivity contribution in [1.82, 2.24) is 0 Å². The largest absolute Gasteiger partial charge is 0.299 e.